The molecule has 1 aliphatic heterocycles. The van der Waals surface area contributed by atoms with Crippen LogP contribution in [-0.4, -0.2) is 61.1 Å². The van der Waals surface area contributed by atoms with Gasteiger partial charge in [-0.2, -0.15) is 16.8 Å². The zero-order chi connectivity index (χ0) is 28.2. The van der Waals surface area contributed by atoms with E-state index in [0.29, 0.717) is 0 Å². The van der Waals surface area contributed by atoms with E-state index in [1.807, 2.05) is 6.92 Å². The molecule has 0 radical (unpaired) electrons. The van der Waals surface area contributed by atoms with Crippen molar-refractivity contribution >= 4 is 26.2 Å². The second-order valence-corrected chi connectivity index (χ2v) is 12.1. The van der Waals surface area contributed by atoms with Gasteiger partial charge >= 0.3 is 5.97 Å². The summed E-state index contributed by atoms with van der Waals surface area (Å²) in [5.74, 6) is -0.776. The Bertz CT molecular complexity index is 1490. The molecule has 1 aliphatic rings. The van der Waals surface area contributed by atoms with Crippen LogP contribution < -0.4 is 0 Å². The summed E-state index contributed by atoms with van der Waals surface area (Å²) in [5.41, 5.74) is 1.89. The summed E-state index contributed by atoms with van der Waals surface area (Å²) >= 11 is 0. The van der Waals surface area contributed by atoms with Gasteiger partial charge < -0.3 is 14.2 Å². The number of ether oxygens (including phenoxy) is 3. The maximum atomic E-state index is 13.2. The molecule has 0 spiro atoms. The summed E-state index contributed by atoms with van der Waals surface area (Å²) in [4.78, 5) is 12.6. The van der Waals surface area contributed by atoms with Crippen LogP contribution in [0.15, 0.2) is 88.7 Å². The molecule has 3 aromatic rings. The predicted molar refractivity (Wildman–Crippen MR) is 139 cm³/mol. The van der Waals surface area contributed by atoms with Gasteiger partial charge in [0.25, 0.3) is 20.2 Å². The van der Waals surface area contributed by atoms with Crippen LogP contribution in [0, 0.1) is 13.8 Å². The summed E-state index contributed by atoms with van der Waals surface area (Å²) in [6.07, 6.45) is -5.45. The molecule has 0 aromatic heterocycles. The third kappa shape index (κ3) is 6.90. The lowest BCUT2D eigenvalue weighted by Crippen LogP contribution is -2.42. The molecule has 4 rings (SSSR count). The number of methoxy groups -OCH3 is 1. The molecule has 3 aromatic carbocycles. The molecule has 10 nitrogen and oxygen atoms in total. The van der Waals surface area contributed by atoms with Crippen molar-refractivity contribution < 1.29 is 44.2 Å². The van der Waals surface area contributed by atoms with Crippen LogP contribution >= 0.6 is 0 Å². The van der Waals surface area contributed by atoms with E-state index in [0.717, 1.165) is 11.1 Å². The molecular formula is C27H28O10S2. The van der Waals surface area contributed by atoms with Crippen molar-refractivity contribution in [3.8, 4) is 0 Å². The highest BCUT2D eigenvalue weighted by Gasteiger charge is 2.51. The number of carbonyl (C=O) groups excluding carboxylic acids is 1. The lowest BCUT2D eigenvalue weighted by molar-refractivity contribution is -0.153. The monoisotopic (exact) mass is 576 g/mol. The minimum atomic E-state index is -4.40. The van der Waals surface area contributed by atoms with Gasteiger partial charge in [-0.25, -0.2) is 4.79 Å². The van der Waals surface area contributed by atoms with Gasteiger partial charge in [-0.3, -0.25) is 8.37 Å². The van der Waals surface area contributed by atoms with Crippen molar-refractivity contribution in [1.82, 2.24) is 0 Å². The summed E-state index contributed by atoms with van der Waals surface area (Å²) < 4.78 is 79.3. The third-order valence-corrected chi connectivity index (χ3v) is 8.62. The van der Waals surface area contributed by atoms with Crippen molar-refractivity contribution in [1.29, 1.82) is 0 Å². The van der Waals surface area contributed by atoms with Crippen molar-refractivity contribution in [3.63, 3.8) is 0 Å². The van der Waals surface area contributed by atoms with E-state index in [-0.39, 0.29) is 15.4 Å². The Hall–Kier alpha value is -3.13. The van der Waals surface area contributed by atoms with Crippen molar-refractivity contribution in [3.05, 3.63) is 95.6 Å². The van der Waals surface area contributed by atoms with Crippen LogP contribution in [-0.2, 0) is 42.8 Å². The maximum absolute atomic E-state index is 13.2. The molecule has 0 bridgehead atoms. The van der Waals surface area contributed by atoms with E-state index in [1.165, 1.54) is 43.5 Å². The molecule has 1 saturated heterocycles. The van der Waals surface area contributed by atoms with Crippen LogP contribution in [0.4, 0.5) is 0 Å². The van der Waals surface area contributed by atoms with Gasteiger partial charge in [0.05, 0.1) is 22.0 Å². The molecule has 39 heavy (non-hydrogen) atoms. The normalized spacial score (nSPS) is 21.5. The van der Waals surface area contributed by atoms with Crippen LogP contribution in [0.1, 0.15) is 21.5 Å². The molecule has 1 heterocycles. The molecule has 1 fully saturated rings. The Morgan fingerprint density at radius 2 is 1.31 bits per heavy atom. The fraction of sp³-hybridized carbons (Fsp3) is 0.296. The summed E-state index contributed by atoms with van der Waals surface area (Å²) in [6.45, 7) is 2.97. The van der Waals surface area contributed by atoms with Gasteiger partial charge in [0.1, 0.15) is 12.2 Å². The molecule has 208 valence electrons. The van der Waals surface area contributed by atoms with Crippen LogP contribution in [0.25, 0.3) is 0 Å². The second-order valence-electron chi connectivity index (χ2n) is 8.89. The number of hydrogen-bond acceptors (Lipinski definition) is 10. The highest BCUT2D eigenvalue weighted by Crippen LogP contribution is 2.32. The molecule has 0 saturated carbocycles. The number of carbonyl (C=O) groups is 1. The average Bonchev–Trinajstić information content (AvgIpc) is 3.23. The third-order valence-electron chi connectivity index (χ3n) is 6.00. The van der Waals surface area contributed by atoms with Crippen molar-refractivity contribution in [2.75, 3.05) is 13.7 Å². The Morgan fingerprint density at radius 1 is 0.769 bits per heavy atom. The van der Waals surface area contributed by atoms with E-state index in [1.54, 1.807) is 49.4 Å². The zero-order valence-electron chi connectivity index (χ0n) is 21.4. The number of hydrogen-bond donors (Lipinski definition) is 0. The summed E-state index contributed by atoms with van der Waals surface area (Å²) in [7, 11) is -7.36. The number of aryl methyl sites for hydroxylation is 2. The smallest absolute Gasteiger partial charge is 0.338 e. The number of benzene rings is 3. The molecule has 12 heteroatoms. The lowest BCUT2D eigenvalue weighted by Gasteiger charge is -2.23. The first-order chi connectivity index (χ1) is 18.5. The fourth-order valence-corrected chi connectivity index (χ4v) is 5.88. The Morgan fingerprint density at radius 3 is 1.85 bits per heavy atom. The first-order valence-electron chi connectivity index (χ1n) is 11.9. The van der Waals surface area contributed by atoms with Crippen molar-refractivity contribution in [2.45, 2.75) is 48.2 Å². The Labute approximate surface area is 227 Å². The molecule has 0 unspecified atom stereocenters. The van der Waals surface area contributed by atoms with E-state index in [4.69, 9.17) is 22.6 Å². The van der Waals surface area contributed by atoms with E-state index in [2.05, 4.69) is 0 Å². The predicted octanol–water partition coefficient (Wildman–Crippen LogP) is 3.38. The SMILES string of the molecule is CO[C@@H]1O[C@@H](COS(=O)(=O)c2ccc(C)cc2)[C@H](OS(=O)(=O)c2ccc(C)cc2)[C@@H]1OC(=O)c1ccccc1. The average molecular weight is 577 g/mol. The van der Waals surface area contributed by atoms with E-state index in [9.17, 15) is 21.6 Å². The van der Waals surface area contributed by atoms with Crippen LogP contribution in [0.5, 0.6) is 0 Å². The number of rotatable bonds is 10. The van der Waals surface area contributed by atoms with Gasteiger partial charge in [-0.1, -0.05) is 53.6 Å². The Balaban J connectivity index is 1.62. The zero-order valence-corrected chi connectivity index (χ0v) is 23.1. The Kier molecular flexibility index (Phi) is 8.84. The first kappa shape index (κ1) is 28.9. The van der Waals surface area contributed by atoms with Crippen molar-refractivity contribution in [2.24, 2.45) is 0 Å². The molecule has 0 aliphatic carbocycles. The van der Waals surface area contributed by atoms with Gasteiger partial charge in [-0.15, -0.1) is 0 Å². The molecule has 4 atom stereocenters. The topological polar surface area (TPSA) is 132 Å². The first-order valence-corrected chi connectivity index (χ1v) is 14.7. The van der Waals surface area contributed by atoms with Gasteiger partial charge in [0.2, 0.25) is 0 Å². The summed E-state index contributed by atoms with van der Waals surface area (Å²) in [5, 5.41) is 0. The summed E-state index contributed by atoms with van der Waals surface area (Å²) in [6, 6.07) is 20.0. The highest BCUT2D eigenvalue weighted by molar-refractivity contribution is 7.87. The molecule has 0 N–H and O–H groups in total. The second kappa shape index (κ2) is 11.9. The maximum Gasteiger partial charge on any atom is 0.338 e. The molecular weight excluding hydrogens is 548 g/mol. The van der Waals surface area contributed by atoms with Gasteiger partial charge in [-0.05, 0) is 50.2 Å². The van der Waals surface area contributed by atoms with Crippen LogP contribution in [0.2, 0.25) is 0 Å². The standard InChI is InChI=1S/C27H28O10S2/c1-18-9-13-21(14-10-18)38(29,30)34-17-23-24(37-39(31,32)22-15-11-19(2)12-16-22)25(27(33-3)35-23)36-26(28)20-7-5-4-6-8-20/h4-16,23-25,27H,17H2,1-3H3/t23-,24-,25-,27+/m0/s1. The molecule has 0 amide bonds. The lowest BCUT2D eigenvalue weighted by atomic mass is 10.1. The number of esters is 1. The van der Waals surface area contributed by atoms with Gasteiger partial charge in [0.15, 0.2) is 12.4 Å². The quantitative estimate of drug-likeness (QED) is 0.261. The largest absolute Gasteiger partial charge is 0.450 e. The highest BCUT2D eigenvalue weighted by atomic mass is 32.2. The minimum Gasteiger partial charge on any atom is -0.450 e. The van der Waals surface area contributed by atoms with E-state index >= 15 is 0 Å². The minimum absolute atomic E-state index is 0.0915. The van der Waals surface area contributed by atoms with E-state index < -0.39 is 57.4 Å². The fourth-order valence-electron chi connectivity index (χ4n) is 3.86. The van der Waals surface area contributed by atoms with Crippen LogP contribution in [0.3, 0.4) is 0 Å². The van der Waals surface area contributed by atoms with Gasteiger partial charge in [0, 0.05) is 7.11 Å².